The number of para-hydroxylation sites is 1. The van der Waals surface area contributed by atoms with Crippen molar-refractivity contribution in [2.24, 2.45) is 0 Å². The number of nitrogens with zero attached hydrogens (tertiary/aromatic N) is 1. The Hall–Kier alpha value is -4.08. The maximum atomic E-state index is 13.2. The molecule has 3 aliphatic rings. The third-order valence-electron chi connectivity index (χ3n) is 5.88. The van der Waals surface area contributed by atoms with E-state index in [0.29, 0.717) is 28.3 Å². The minimum atomic E-state index is -1.36. The molecule has 170 valence electrons. The molecule has 5 rings (SSSR count). The lowest BCUT2D eigenvalue weighted by molar-refractivity contribution is -0.133. The van der Waals surface area contributed by atoms with Crippen LogP contribution >= 0.6 is 0 Å². The number of imide groups is 1. The maximum absolute atomic E-state index is 13.2. The average molecular weight is 450 g/mol. The summed E-state index contributed by atoms with van der Waals surface area (Å²) in [6.07, 6.45) is 1.88. The van der Waals surface area contributed by atoms with E-state index in [2.05, 4.69) is 16.0 Å². The molecule has 1 aliphatic carbocycles. The number of fused-ring (bicyclic) bond motifs is 1. The zero-order chi connectivity index (χ0) is 23.2. The first-order chi connectivity index (χ1) is 15.8. The van der Waals surface area contributed by atoms with Gasteiger partial charge in [0.2, 0.25) is 12.7 Å². The number of benzene rings is 2. The van der Waals surface area contributed by atoms with Crippen molar-refractivity contribution in [3.63, 3.8) is 0 Å². The zero-order valence-electron chi connectivity index (χ0n) is 17.8. The fourth-order valence-electron chi connectivity index (χ4n) is 3.86. The quantitative estimate of drug-likeness (QED) is 0.576. The normalized spacial score (nSPS) is 21.1. The van der Waals surface area contributed by atoms with Gasteiger partial charge in [-0.05, 0) is 49.6 Å². The number of amides is 5. The van der Waals surface area contributed by atoms with Crippen LogP contribution in [0.1, 0.15) is 35.7 Å². The molecule has 2 fully saturated rings. The SMILES string of the molecule is CC1(c2ccc3c(c2)OCO3)NC(=O)N(CC(=O)Nc2ccccc2C(=O)NC2CC2)C1=O. The number of hydrogen-bond acceptors (Lipinski definition) is 6. The van der Waals surface area contributed by atoms with Crippen molar-refractivity contribution in [2.45, 2.75) is 31.3 Å². The Morgan fingerprint density at radius 1 is 1.12 bits per heavy atom. The van der Waals surface area contributed by atoms with E-state index in [0.717, 1.165) is 17.7 Å². The molecule has 3 N–H and O–H groups in total. The second-order valence-corrected chi connectivity index (χ2v) is 8.36. The number of anilines is 1. The molecule has 0 radical (unpaired) electrons. The molecule has 10 nitrogen and oxygen atoms in total. The number of hydrogen-bond donors (Lipinski definition) is 3. The highest BCUT2D eigenvalue weighted by molar-refractivity contribution is 6.11. The van der Waals surface area contributed by atoms with Crippen molar-refractivity contribution in [3.8, 4) is 11.5 Å². The standard InChI is InChI=1S/C23H22N4O6/c1-23(13-6-9-17-18(10-13)33-12-32-17)21(30)27(22(31)26-23)11-19(28)25-16-5-3-2-4-15(16)20(29)24-14-7-8-14/h2-6,9-10,14H,7-8,11-12H2,1H3,(H,24,29)(H,25,28)(H,26,31). The molecule has 2 heterocycles. The molecule has 0 bridgehead atoms. The van der Waals surface area contributed by atoms with Crippen molar-refractivity contribution < 1.29 is 28.7 Å². The molecular formula is C23H22N4O6. The first kappa shape index (κ1) is 20.8. The Morgan fingerprint density at radius 3 is 2.67 bits per heavy atom. The summed E-state index contributed by atoms with van der Waals surface area (Å²) in [5.41, 5.74) is -0.220. The summed E-state index contributed by atoms with van der Waals surface area (Å²) >= 11 is 0. The monoisotopic (exact) mass is 450 g/mol. The number of carbonyl (C=O) groups excluding carboxylic acids is 4. The van der Waals surface area contributed by atoms with Gasteiger partial charge in [-0.3, -0.25) is 19.3 Å². The Morgan fingerprint density at radius 2 is 1.88 bits per heavy atom. The summed E-state index contributed by atoms with van der Waals surface area (Å²) in [4.78, 5) is 51.8. The van der Waals surface area contributed by atoms with Gasteiger partial charge in [0.05, 0.1) is 11.3 Å². The third kappa shape index (κ3) is 3.84. The lowest BCUT2D eigenvalue weighted by Gasteiger charge is -2.22. The molecule has 33 heavy (non-hydrogen) atoms. The van der Waals surface area contributed by atoms with Crippen molar-refractivity contribution in [2.75, 3.05) is 18.7 Å². The molecule has 1 saturated heterocycles. The van der Waals surface area contributed by atoms with E-state index in [1.165, 1.54) is 0 Å². The first-order valence-electron chi connectivity index (χ1n) is 10.6. The van der Waals surface area contributed by atoms with E-state index < -0.39 is 29.9 Å². The van der Waals surface area contributed by atoms with Gasteiger partial charge in [-0.25, -0.2) is 4.79 Å². The number of carbonyl (C=O) groups is 4. The Bertz CT molecular complexity index is 1180. The highest BCUT2D eigenvalue weighted by Crippen LogP contribution is 2.37. The molecule has 2 aliphatic heterocycles. The van der Waals surface area contributed by atoms with E-state index in [9.17, 15) is 19.2 Å². The smallest absolute Gasteiger partial charge is 0.325 e. The molecular weight excluding hydrogens is 428 g/mol. The van der Waals surface area contributed by atoms with Gasteiger partial charge < -0.3 is 25.4 Å². The highest BCUT2D eigenvalue weighted by atomic mass is 16.7. The average Bonchev–Trinajstić information content (AvgIpc) is 3.43. The minimum Gasteiger partial charge on any atom is -0.454 e. The van der Waals surface area contributed by atoms with Crippen molar-refractivity contribution in [1.29, 1.82) is 0 Å². The molecule has 5 amide bonds. The van der Waals surface area contributed by atoms with Gasteiger partial charge in [0, 0.05) is 6.04 Å². The number of ether oxygens (including phenoxy) is 2. The molecule has 1 atom stereocenters. The van der Waals surface area contributed by atoms with Gasteiger partial charge in [0.15, 0.2) is 11.5 Å². The van der Waals surface area contributed by atoms with Crippen LogP contribution in [0.3, 0.4) is 0 Å². The van der Waals surface area contributed by atoms with E-state index in [1.807, 2.05) is 0 Å². The van der Waals surface area contributed by atoms with Crippen LogP contribution in [0.15, 0.2) is 42.5 Å². The van der Waals surface area contributed by atoms with Crippen LogP contribution in [-0.4, -0.2) is 48.0 Å². The van der Waals surface area contributed by atoms with Crippen LogP contribution in [0.5, 0.6) is 11.5 Å². The van der Waals surface area contributed by atoms with Crippen LogP contribution in [0.4, 0.5) is 10.5 Å². The minimum absolute atomic E-state index is 0.0856. The Labute approximate surface area is 189 Å². The molecule has 10 heteroatoms. The highest BCUT2D eigenvalue weighted by Gasteiger charge is 2.50. The van der Waals surface area contributed by atoms with E-state index in [-0.39, 0.29) is 18.7 Å². The van der Waals surface area contributed by atoms with Crippen LogP contribution in [-0.2, 0) is 15.1 Å². The van der Waals surface area contributed by atoms with Crippen LogP contribution in [0.2, 0.25) is 0 Å². The summed E-state index contributed by atoms with van der Waals surface area (Å²) < 4.78 is 10.7. The van der Waals surface area contributed by atoms with Gasteiger partial charge in [-0.15, -0.1) is 0 Å². The van der Waals surface area contributed by atoms with Gasteiger partial charge in [0.1, 0.15) is 12.1 Å². The summed E-state index contributed by atoms with van der Waals surface area (Å²) in [5.74, 6) is -0.409. The fraction of sp³-hybridized carbons (Fsp3) is 0.304. The first-order valence-corrected chi connectivity index (χ1v) is 10.6. The molecule has 0 spiro atoms. The van der Waals surface area contributed by atoms with Gasteiger partial charge >= 0.3 is 6.03 Å². The van der Waals surface area contributed by atoms with Gasteiger partial charge in [0.25, 0.3) is 11.8 Å². The number of rotatable bonds is 6. The summed E-state index contributed by atoms with van der Waals surface area (Å²) in [6, 6.07) is 11.1. The fourth-order valence-corrected chi connectivity index (χ4v) is 3.86. The largest absolute Gasteiger partial charge is 0.454 e. The molecule has 2 aromatic rings. The molecule has 1 saturated carbocycles. The molecule has 1 unspecified atom stereocenters. The van der Waals surface area contributed by atoms with Crippen molar-refractivity contribution in [1.82, 2.24) is 15.5 Å². The summed E-state index contributed by atoms with van der Waals surface area (Å²) in [5, 5.41) is 8.19. The predicted octanol–water partition coefficient (Wildman–Crippen LogP) is 1.71. The summed E-state index contributed by atoms with van der Waals surface area (Å²) in [6.45, 7) is 1.16. The van der Waals surface area contributed by atoms with Crippen molar-refractivity contribution >= 4 is 29.4 Å². The lowest BCUT2D eigenvalue weighted by atomic mass is 9.91. The summed E-state index contributed by atoms with van der Waals surface area (Å²) in [7, 11) is 0. The van der Waals surface area contributed by atoms with E-state index in [1.54, 1.807) is 49.4 Å². The maximum Gasteiger partial charge on any atom is 0.325 e. The number of urea groups is 1. The third-order valence-corrected chi connectivity index (χ3v) is 5.88. The van der Waals surface area contributed by atoms with Gasteiger partial charge in [-0.2, -0.15) is 0 Å². The Kier molecular flexibility index (Phi) is 4.92. The van der Waals surface area contributed by atoms with Crippen LogP contribution in [0.25, 0.3) is 0 Å². The van der Waals surface area contributed by atoms with Crippen LogP contribution in [0, 0.1) is 0 Å². The second-order valence-electron chi connectivity index (χ2n) is 8.36. The van der Waals surface area contributed by atoms with Gasteiger partial charge in [-0.1, -0.05) is 18.2 Å². The lowest BCUT2D eigenvalue weighted by Crippen LogP contribution is -2.42. The number of nitrogens with one attached hydrogen (secondary N) is 3. The van der Waals surface area contributed by atoms with E-state index in [4.69, 9.17) is 9.47 Å². The molecule has 2 aromatic carbocycles. The van der Waals surface area contributed by atoms with Crippen molar-refractivity contribution in [3.05, 3.63) is 53.6 Å². The van der Waals surface area contributed by atoms with Crippen LogP contribution < -0.4 is 25.4 Å². The zero-order valence-corrected chi connectivity index (χ0v) is 17.8. The Balaban J connectivity index is 1.30. The predicted molar refractivity (Wildman–Crippen MR) is 116 cm³/mol. The van der Waals surface area contributed by atoms with E-state index >= 15 is 0 Å². The topological polar surface area (TPSA) is 126 Å². The second kappa shape index (κ2) is 7.80. The molecule has 0 aromatic heterocycles.